The second-order valence-corrected chi connectivity index (χ2v) is 8.42. The predicted molar refractivity (Wildman–Crippen MR) is 123 cm³/mol. The first-order valence-electron chi connectivity index (χ1n) is 11.3. The van der Waals surface area contributed by atoms with Crippen molar-refractivity contribution in [1.29, 1.82) is 0 Å². The summed E-state index contributed by atoms with van der Waals surface area (Å²) in [6, 6.07) is 16.0. The fraction of sp³-hybridized carbons (Fsp3) is 0.360. The van der Waals surface area contributed by atoms with Crippen LogP contribution in [0.15, 0.2) is 59.7 Å². The van der Waals surface area contributed by atoms with E-state index in [1.165, 1.54) is 17.0 Å². The van der Waals surface area contributed by atoms with Gasteiger partial charge in [-0.2, -0.15) is 5.10 Å². The average molecular weight is 467 g/mol. The molecule has 1 atom stereocenters. The van der Waals surface area contributed by atoms with E-state index in [1.807, 2.05) is 30.3 Å². The van der Waals surface area contributed by atoms with E-state index in [9.17, 15) is 18.8 Å². The number of hydrogen-bond acceptors (Lipinski definition) is 5. The van der Waals surface area contributed by atoms with Crippen molar-refractivity contribution >= 4 is 23.4 Å². The summed E-state index contributed by atoms with van der Waals surface area (Å²) in [6.45, 7) is 1.05. The van der Waals surface area contributed by atoms with E-state index in [0.29, 0.717) is 25.1 Å². The number of nitrogens with zero attached hydrogens (tertiary/aromatic N) is 3. The number of hydrazone groups is 1. The number of halogens is 1. The van der Waals surface area contributed by atoms with Crippen LogP contribution in [0.4, 0.5) is 4.39 Å². The molecule has 2 aromatic carbocycles. The zero-order valence-electron chi connectivity index (χ0n) is 18.8. The third kappa shape index (κ3) is 6.26. The molecule has 0 saturated carbocycles. The quantitative estimate of drug-likeness (QED) is 0.675. The summed E-state index contributed by atoms with van der Waals surface area (Å²) in [7, 11) is 0. The Hall–Kier alpha value is -3.59. The van der Waals surface area contributed by atoms with Crippen molar-refractivity contribution in [2.45, 2.75) is 32.0 Å². The summed E-state index contributed by atoms with van der Waals surface area (Å²) in [5, 5.41) is 3.88. The van der Waals surface area contributed by atoms with Crippen LogP contribution in [0.2, 0.25) is 0 Å². The number of amides is 3. The zero-order valence-corrected chi connectivity index (χ0v) is 18.8. The molecule has 34 heavy (non-hydrogen) atoms. The van der Waals surface area contributed by atoms with Gasteiger partial charge in [0.25, 0.3) is 5.91 Å². The van der Waals surface area contributed by atoms with Gasteiger partial charge in [0.1, 0.15) is 18.1 Å². The molecule has 2 aliphatic heterocycles. The average Bonchev–Trinajstić information content (AvgIpc) is 3.00. The van der Waals surface area contributed by atoms with E-state index in [2.05, 4.69) is 10.5 Å². The lowest BCUT2D eigenvalue weighted by Gasteiger charge is -2.25. The van der Waals surface area contributed by atoms with Crippen molar-refractivity contribution in [2.75, 3.05) is 26.2 Å². The summed E-state index contributed by atoms with van der Waals surface area (Å²) in [5.41, 5.74) is 4.32. The number of rotatable bonds is 7. The molecule has 0 spiro atoms. The molecule has 9 heteroatoms. The van der Waals surface area contributed by atoms with Crippen LogP contribution in [0, 0.1) is 5.82 Å². The van der Waals surface area contributed by atoms with Gasteiger partial charge in [0.15, 0.2) is 0 Å². The Morgan fingerprint density at radius 3 is 2.59 bits per heavy atom. The Morgan fingerprint density at radius 1 is 1.06 bits per heavy atom. The van der Waals surface area contributed by atoms with E-state index >= 15 is 0 Å². The lowest BCUT2D eigenvalue weighted by Crippen LogP contribution is -2.45. The first-order valence-corrected chi connectivity index (χ1v) is 11.3. The molecule has 178 valence electrons. The van der Waals surface area contributed by atoms with Crippen LogP contribution in [0.1, 0.15) is 24.0 Å². The Labute approximate surface area is 197 Å². The molecule has 1 fully saturated rings. The van der Waals surface area contributed by atoms with Crippen LogP contribution in [0.25, 0.3) is 0 Å². The minimum Gasteiger partial charge on any atom is -0.370 e. The van der Waals surface area contributed by atoms with E-state index in [-0.39, 0.29) is 55.9 Å². The van der Waals surface area contributed by atoms with Crippen LogP contribution >= 0.6 is 0 Å². The summed E-state index contributed by atoms with van der Waals surface area (Å²) in [5.74, 6) is -1.16. The standard InChI is InChI=1S/C25H27FN4O4/c26-20-8-4-7-19(13-20)17-34-21-14-29(12-11-18-5-2-1-3-6-18)24(32)16-30(15-21)25(33)22-9-10-23(31)28-27-22/h1-8,13,21H,9-12,14-17H2,(H,28,31)/t21-/m1/s1. The maximum atomic E-state index is 13.6. The highest BCUT2D eigenvalue weighted by Gasteiger charge is 2.33. The Kier molecular flexibility index (Phi) is 7.64. The van der Waals surface area contributed by atoms with Gasteiger partial charge in [-0.1, -0.05) is 42.5 Å². The van der Waals surface area contributed by atoms with E-state index in [0.717, 1.165) is 5.56 Å². The number of carbonyl (C=O) groups is 3. The topological polar surface area (TPSA) is 91.3 Å². The van der Waals surface area contributed by atoms with Gasteiger partial charge in [0.2, 0.25) is 11.8 Å². The molecule has 0 aromatic heterocycles. The normalized spacial score (nSPS) is 18.9. The number of carbonyl (C=O) groups excluding carboxylic acids is 3. The summed E-state index contributed by atoms with van der Waals surface area (Å²) in [4.78, 5) is 40.7. The van der Waals surface area contributed by atoms with Crippen LogP contribution < -0.4 is 5.43 Å². The van der Waals surface area contributed by atoms with E-state index in [1.54, 1.807) is 17.0 Å². The van der Waals surface area contributed by atoms with Gasteiger partial charge >= 0.3 is 0 Å². The molecule has 2 heterocycles. The number of nitrogens with one attached hydrogen (secondary N) is 1. The second kappa shape index (κ2) is 11.0. The molecule has 2 aliphatic rings. The maximum Gasteiger partial charge on any atom is 0.270 e. The molecule has 0 radical (unpaired) electrons. The van der Waals surface area contributed by atoms with Crippen LogP contribution in [0.5, 0.6) is 0 Å². The van der Waals surface area contributed by atoms with Crippen molar-refractivity contribution in [2.24, 2.45) is 5.10 Å². The number of hydrogen-bond donors (Lipinski definition) is 1. The van der Waals surface area contributed by atoms with Crippen molar-refractivity contribution < 1.29 is 23.5 Å². The highest BCUT2D eigenvalue weighted by atomic mass is 19.1. The summed E-state index contributed by atoms with van der Waals surface area (Å²) in [6.07, 6.45) is 0.612. The minimum atomic E-state index is -0.465. The van der Waals surface area contributed by atoms with E-state index < -0.39 is 12.0 Å². The van der Waals surface area contributed by atoms with Gasteiger partial charge in [0.05, 0.1) is 12.7 Å². The van der Waals surface area contributed by atoms with Crippen LogP contribution in [-0.4, -0.2) is 65.5 Å². The van der Waals surface area contributed by atoms with Crippen molar-refractivity contribution in [3.8, 4) is 0 Å². The molecule has 0 unspecified atom stereocenters. The molecular formula is C25H27FN4O4. The molecule has 8 nitrogen and oxygen atoms in total. The maximum absolute atomic E-state index is 13.6. The largest absolute Gasteiger partial charge is 0.370 e. The molecule has 4 rings (SSSR count). The van der Waals surface area contributed by atoms with Gasteiger partial charge in [-0.25, -0.2) is 9.82 Å². The summed E-state index contributed by atoms with van der Waals surface area (Å²) >= 11 is 0. The Balaban J connectivity index is 1.48. The van der Waals surface area contributed by atoms with Gasteiger partial charge in [-0.05, 0) is 29.7 Å². The first kappa shape index (κ1) is 23.6. The lowest BCUT2D eigenvalue weighted by molar-refractivity contribution is -0.135. The number of benzene rings is 2. The SMILES string of the molecule is O=C1CCC(C(=O)N2CC(=O)N(CCc3ccccc3)C[C@@H](OCc3cccc(F)c3)C2)=NN1. The molecule has 0 aliphatic carbocycles. The molecule has 1 N–H and O–H groups in total. The fourth-order valence-electron chi connectivity index (χ4n) is 4.02. The monoisotopic (exact) mass is 466 g/mol. The minimum absolute atomic E-state index is 0.0968. The number of ether oxygens (including phenoxy) is 1. The summed E-state index contributed by atoms with van der Waals surface area (Å²) < 4.78 is 19.6. The van der Waals surface area contributed by atoms with Crippen molar-refractivity contribution in [3.63, 3.8) is 0 Å². The smallest absolute Gasteiger partial charge is 0.270 e. The highest BCUT2D eigenvalue weighted by molar-refractivity contribution is 6.39. The fourth-order valence-corrected chi connectivity index (χ4v) is 4.02. The van der Waals surface area contributed by atoms with Gasteiger partial charge < -0.3 is 14.5 Å². The Morgan fingerprint density at radius 2 is 1.85 bits per heavy atom. The zero-order chi connectivity index (χ0) is 23.9. The molecule has 3 amide bonds. The second-order valence-electron chi connectivity index (χ2n) is 8.42. The van der Waals surface area contributed by atoms with Crippen LogP contribution in [0.3, 0.4) is 0 Å². The molecule has 1 saturated heterocycles. The van der Waals surface area contributed by atoms with Gasteiger partial charge in [-0.3, -0.25) is 14.4 Å². The predicted octanol–water partition coefficient (Wildman–Crippen LogP) is 1.89. The van der Waals surface area contributed by atoms with Crippen molar-refractivity contribution in [1.82, 2.24) is 15.2 Å². The molecule has 2 aromatic rings. The lowest BCUT2D eigenvalue weighted by atomic mass is 10.1. The van der Waals surface area contributed by atoms with Crippen LogP contribution in [-0.2, 0) is 32.1 Å². The van der Waals surface area contributed by atoms with Gasteiger partial charge in [-0.15, -0.1) is 0 Å². The Bertz CT molecular complexity index is 1080. The third-order valence-electron chi connectivity index (χ3n) is 5.85. The highest BCUT2D eigenvalue weighted by Crippen LogP contribution is 2.15. The van der Waals surface area contributed by atoms with E-state index in [4.69, 9.17) is 4.74 Å². The molecule has 0 bridgehead atoms. The molecular weight excluding hydrogens is 439 g/mol. The third-order valence-corrected chi connectivity index (χ3v) is 5.85. The first-order chi connectivity index (χ1) is 16.5. The van der Waals surface area contributed by atoms with Crippen molar-refractivity contribution in [3.05, 3.63) is 71.5 Å². The van der Waals surface area contributed by atoms with Gasteiger partial charge in [0, 0.05) is 32.5 Å².